The van der Waals surface area contributed by atoms with Crippen LogP contribution in [0.3, 0.4) is 0 Å². The number of H-pyrrole nitrogens is 1. The predicted octanol–water partition coefficient (Wildman–Crippen LogP) is 6.27. The van der Waals surface area contributed by atoms with Crippen LogP contribution in [-0.4, -0.2) is 145 Å². The number of fused-ring (bicyclic) bond motifs is 1. The largest absolute Gasteiger partial charge is 0.391 e. The number of carbonyl (C=O) groups excluding carboxylic acids is 5. The summed E-state index contributed by atoms with van der Waals surface area (Å²) < 4.78 is 0. The number of nitrogens with zero attached hydrogens (tertiary/aromatic N) is 7. The van der Waals surface area contributed by atoms with Crippen molar-refractivity contribution in [3.63, 3.8) is 0 Å². The van der Waals surface area contributed by atoms with Crippen LogP contribution in [0.15, 0.2) is 72.6 Å². The normalized spacial score (nSPS) is 18.9. The highest BCUT2D eigenvalue weighted by atomic mass is 35.5. The Hall–Kier alpha value is -5.99. The van der Waals surface area contributed by atoms with Crippen molar-refractivity contribution in [1.29, 1.82) is 0 Å². The van der Waals surface area contributed by atoms with Crippen molar-refractivity contribution in [2.75, 3.05) is 57.3 Å². The Balaban J connectivity index is 0.714. The predicted molar refractivity (Wildman–Crippen MR) is 296 cm³/mol. The molecule has 408 valence electrons. The van der Waals surface area contributed by atoms with Crippen LogP contribution in [0.5, 0.6) is 0 Å². The van der Waals surface area contributed by atoms with Crippen molar-refractivity contribution in [1.82, 2.24) is 50.6 Å². The molecule has 3 aromatic heterocycles. The Bertz CT molecular complexity index is 2770. The van der Waals surface area contributed by atoms with Crippen molar-refractivity contribution < 1.29 is 29.1 Å². The average molecular weight is 1080 g/mol. The van der Waals surface area contributed by atoms with Gasteiger partial charge in [-0.2, -0.15) is 0 Å². The molecule has 20 heteroatoms. The number of piperazine rings is 1. The third-order valence-corrected chi connectivity index (χ3v) is 16.5. The fraction of sp³-hybridized carbons (Fsp3) is 0.536. The number of amides is 5. The number of β-amino-alcohol motifs (C(OH)–C–C–N with tert-alkyl or cyclic N) is 1. The lowest BCUT2D eigenvalue weighted by Gasteiger charge is -2.39. The monoisotopic (exact) mass is 1080 g/mol. The second kappa shape index (κ2) is 25.4. The van der Waals surface area contributed by atoms with Crippen LogP contribution in [-0.2, 0) is 30.5 Å². The van der Waals surface area contributed by atoms with Crippen molar-refractivity contribution >= 4 is 69.3 Å². The Kier molecular flexibility index (Phi) is 18.8. The van der Waals surface area contributed by atoms with E-state index in [0.29, 0.717) is 63.3 Å². The number of unbranched alkanes of at least 4 members (excludes halogenated alkanes) is 4. The highest BCUT2D eigenvalue weighted by Crippen LogP contribution is 2.31. The number of aryl methyl sites for hydroxylation is 1. The molecule has 3 saturated heterocycles. The summed E-state index contributed by atoms with van der Waals surface area (Å²) in [5, 5.41) is 21.4. The average Bonchev–Trinajstić information content (AvgIpc) is 4.18. The first-order chi connectivity index (χ1) is 36.5. The summed E-state index contributed by atoms with van der Waals surface area (Å²) in [6, 6.07) is 15.4. The molecule has 0 aliphatic carbocycles. The number of aromatic nitrogens is 4. The summed E-state index contributed by atoms with van der Waals surface area (Å²) in [5.74, 6) is -0.151. The maximum atomic E-state index is 14.1. The molecule has 5 aromatic rings. The van der Waals surface area contributed by atoms with Crippen LogP contribution in [0.4, 0.5) is 5.82 Å². The molecule has 18 nitrogen and oxygen atoms in total. The van der Waals surface area contributed by atoms with Gasteiger partial charge in [0.2, 0.25) is 29.5 Å². The van der Waals surface area contributed by atoms with Gasteiger partial charge in [0, 0.05) is 89.4 Å². The maximum absolute atomic E-state index is 14.1. The summed E-state index contributed by atoms with van der Waals surface area (Å²) >= 11 is 7.83. The molecule has 0 bridgehead atoms. The standard InChI is InChI=1S/C56H75ClN12O6S/c1-37-48(76-36-63-37)40-14-12-38(13-15-40)33-60-52(73)45-32-42(70)34-69(45)53(74)49(55(2,3)4)65-46(71)10-8-6-5-7-9-11-47(72)67-30-28-66(29-31-67)25-21-44(39-16-18-41(57)19-17-39)64-54(75)56(58)22-26-68(27-23-56)51-43-20-24-59-50(43)61-35-62-51/h12-20,24,35-36,42,44-45,49,70H,5-11,21-23,25-34,58H2,1-4H3,(H,60,73)(H,64,75)(H,65,71)(H,59,61,62)/t42-,44+,45+,49?/m1/s1. The molecule has 76 heavy (non-hydrogen) atoms. The number of anilines is 1. The highest BCUT2D eigenvalue weighted by molar-refractivity contribution is 7.13. The van der Waals surface area contributed by atoms with Gasteiger partial charge >= 0.3 is 0 Å². The summed E-state index contributed by atoms with van der Waals surface area (Å²) in [6.45, 7) is 12.6. The van der Waals surface area contributed by atoms with Crippen molar-refractivity contribution in [2.45, 2.75) is 135 Å². The lowest BCUT2D eigenvalue weighted by molar-refractivity contribution is -0.144. The van der Waals surface area contributed by atoms with Crippen molar-refractivity contribution in [2.24, 2.45) is 11.1 Å². The number of aromatic amines is 1. The first-order valence-corrected chi connectivity index (χ1v) is 28.1. The van der Waals surface area contributed by atoms with E-state index in [2.05, 4.69) is 45.7 Å². The number of piperidine rings is 1. The van der Waals surface area contributed by atoms with Crippen LogP contribution in [0.25, 0.3) is 21.5 Å². The van der Waals surface area contributed by atoms with Gasteiger partial charge in [0.1, 0.15) is 29.9 Å². The molecule has 3 fully saturated rings. The van der Waals surface area contributed by atoms with E-state index in [0.717, 1.165) is 89.4 Å². The first-order valence-electron chi connectivity index (χ1n) is 26.9. The Labute approximate surface area is 454 Å². The number of likely N-dealkylation sites (tertiary alicyclic amines) is 1. The zero-order chi connectivity index (χ0) is 54.0. The summed E-state index contributed by atoms with van der Waals surface area (Å²) in [7, 11) is 0. The molecule has 5 amide bonds. The number of benzene rings is 2. The molecule has 1 unspecified atom stereocenters. The van der Waals surface area contributed by atoms with Gasteiger partial charge in [-0.05, 0) is 79.3 Å². The number of aliphatic hydroxyl groups excluding tert-OH is 1. The molecule has 3 aliphatic rings. The van der Waals surface area contributed by atoms with E-state index in [1.165, 1.54) is 4.90 Å². The van der Waals surface area contributed by atoms with Gasteiger partial charge in [-0.15, -0.1) is 11.3 Å². The molecule has 7 N–H and O–H groups in total. The van der Waals surface area contributed by atoms with Crippen molar-refractivity contribution in [3.05, 3.63) is 94.5 Å². The Morgan fingerprint density at radius 1 is 0.882 bits per heavy atom. The third kappa shape index (κ3) is 14.3. The van der Waals surface area contributed by atoms with Crippen molar-refractivity contribution in [3.8, 4) is 10.4 Å². The molecule has 6 heterocycles. The van der Waals surface area contributed by atoms with Gasteiger partial charge in [0.05, 0.1) is 39.2 Å². The summed E-state index contributed by atoms with van der Waals surface area (Å²) in [4.78, 5) is 93.4. The zero-order valence-electron chi connectivity index (χ0n) is 44.4. The minimum Gasteiger partial charge on any atom is -0.391 e. The van der Waals surface area contributed by atoms with Crippen LogP contribution >= 0.6 is 22.9 Å². The molecule has 0 spiro atoms. The lowest BCUT2D eigenvalue weighted by atomic mass is 9.85. The minimum atomic E-state index is -1.03. The van der Waals surface area contributed by atoms with Gasteiger partial charge in [0.15, 0.2) is 0 Å². The number of thiazole rings is 1. The first kappa shape index (κ1) is 56.2. The number of aliphatic hydroxyl groups is 1. The van der Waals surface area contributed by atoms with Crippen LogP contribution in [0.2, 0.25) is 5.02 Å². The molecule has 4 atom stereocenters. The molecule has 0 radical (unpaired) electrons. The number of rotatable bonds is 21. The number of hydrogen-bond donors (Lipinski definition) is 6. The number of halogens is 1. The van der Waals surface area contributed by atoms with Gasteiger partial charge in [0.25, 0.3) is 0 Å². The SMILES string of the molecule is Cc1ncsc1-c1ccc(CNC(=O)[C@@H]2C[C@@H](O)CN2C(=O)C(NC(=O)CCCCCCCC(=O)N2CCN(CC[C@H](NC(=O)C3(N)CCN(c4ncnc5[nH]ccc45)CC3)c3ccc(Cl)cc3)CC2)C(C)(C)C)cc1. The highest BCUT2D eigenvalue weighted by Gasteiger charge is 2.45. The second-order valence-electron chi connectivity index (χ2n) is 21.9. The van der Waals surface area contributed by atoms with E-state index < -0.39 is 29.1 Å². The minimum absolute atomic E-state index is 0.0121. The van der Waals surface area contributed by atoms with E-state index in [1.54, 1.807) is 17.7 Å². The molecular formula is C56H75ClN12O6S. The number of carbonyl (C=O) groups is 5. The number of hydrogen-bond acceptors (Lipinski definition) is 13. The van der Waals surface area contributed by atoms with E-state index in [1.807, 2.05) is 98.9 Å². The molecular weight excluding hydrogens is 1000 g/mol. The number of nitrogens with one attached hydrogen (secondary N) is 4. The van der Waals surface area contributed by atoms with E-state index in [9.17, 15) is 29.1 Å². The van der Waals surface area contributed by atoms with E-state index in [4.69, 9.17) is 17.3 Å². The topological polar surface area (TPSA) is 235 Å². The molecule has 0 saturated carbocycles. The lowest BCUT2D eigenvalue weighted by Crippen LogP contribution is -2.60. The van der Waals surface area contributed by atoms with Gasteiger partial charge in [-0.1, -0.05) is 88.0 Å². The Morgan fingerprint density at radius 2 is 1.58 bits per heavy atom. The number of nitrogens with two attached hydrogens (primary N) is 1. The smallest absolute Gasteiger partial charge is 0.246 e. The fourth-order valence-corrected chi connectivity index (χ4v) is 11.5. The van der Waals surface area contributed by atoms with Crippen LogP contribution < -0.4 is 26.6 Å². The molecule has 2 aromatic carbocycles. The zero-order valence-corrected chi connectivity index (χ0v) is 45.9. The van der Waals surface area contributed by atoms with E-state index in [-0.39, 0.29) is 61.5 Å². The fourth-order valence-electron chi connectivity index (χ4n) is 10.6. The molecule has 3 aliphatic heterocycles. The quantitative estimate of drug-likeness (QED) is 0.0446. The Morgan fingerprint density at radius 3 is 2.26 bits per heavy atom. The summed E-state index contributed by atoms with van der Waals surface area (Å²) in [5.41, 5.74) is 11.7. The summed E-state index contributed by atoms with van der Waals surface area (Å²) in [6.07, 6.45) is 8.98. The third-order valence-electron chi connectivity index (χ3n) is 15.3. The van der Waals surface area contributed by atoms with Gasteiger partial charge in [-0.3, -0.25) is 28.9 Å². The van der Waals surface area contributed by atoms with Crippen LogP contribution in [0.1, 0.15) is 114 Å². The maximum Gasteiger partial charge on any atom is 0.246 e. The molecule has 8 rings (SSSR count). The van der Waals surface area contributed by atoms with Gasteiger partial charge in [-0.25, -0.2) is 15.0 Å². The van der Waals surface area contributed by atoms with E-state index >= 15 is 0 Å². The van der Waals surface area contributed by atoms with Gasteiger partial charge < -0.3 is 46.5 Å². The second-order valence-corrected chi connectivity index (χ2v) is 23.2. The van der Waals surface area contributed by atoms with Crippen LogP contribution in [0, 0.1) is 12.3 Å².